The topological polar surface area (TPSA) is 60.9 Å². The van der Waals surface area contributed by atoms with E-state index in [0.717, 1.165) is 25.1 Å². The molecule has 0 saturated carbocycles. The maximum atomic E-state index is 8.92. The lowest BCUT2D eigenvalue weighted by Crippen LogP contribution is -2.26. The van der Waals surface area contributed by atoms with Gasteiger partial charge in [-0.3, -0.25) is 5.10 Å². The third-order valence-electron chi connectivity index (χ3n) is 3.16. The van der Waals surface area contributed by atoms with Crippen molar-refractivity contribution in [3.05, 3.63) is 17.5 Å². The first-order valence-electron chi connectivity index (χ1n) is 6.03. The number of aromatic nitrogens is 2. The highest BCUT2D eigenvalue weighted by Gasteiger charge is 2.12. The van der Waals surface area contributed by atoms with Gasteiger partial charge in [-0.05, 0) is 32.7 Å². The maximum absolute atomic E-state index is 8.92. The molecule has 0 aromatic carbocycles. The van der Waals surface area contributed by atoms with Gasteiger partial charge in [0, 0.05) is 23.9 Å². The Morgan fingerprint density at radius 3 is 2.81 bits per heavy atom. The molecule has 2 unspecified atom stereocenters. The van der Waals surface area contributed by atoms with E-state index in [4.69, 9.17) is 5.11 Å². The second-order valence-corrected chi connectivity index (χ2v) is 4.37. The van der Waals surface area contributed by atoms with Crippen LogP contribution >= 0.6 is 0 Å². The molecule has 4 nitrogen and oxygen atoms in total. The summed E-state index contributed by atoms with van der Waals surface area (Å²) in [6.07, 6.45) is 3.85. The predicted octanol–water partition coefficient (Wildman–Crippen LogP) is 1.78. The molecule has 1 aromatic rings. The van der Waals surface area contributed by atoms with Crippen LogP contribution in [0.2, 0.25) is 0 Å². The van der Waals surface area contributed by atoms with Gasteiger partial charge < -0.3 is 10.4 Å². The molecule has 0 bridgehead atoms. The molecule has 4 heteroatoms. The Balaban J connectivity index is 2.40. The molecular formula is C12H23N3O. The van der Waals surface area contributed by atoms with Crippen LogP contribution in [0.5, 0.6) is 0 Å². The van der Waals surface area contributed by atoms with Crippen molar-refractivity contribution in [3.8, 4) is 0 Å². The number of aliphatic hydroxyl groups is 1. The SMILES string of the molecule is CCC(CCO)CNC(C)c1cn[nH]c1C. The van der Waals surface area contributed by atoms with E-state index in [1.807, 2.05) is 13.1 Å². The van der Waals surface area contributed by atoms with Crippen LogP contribution in [0.4, 0.5) is 0 Å². The second-order valence-electron chi connectivity index (χ2n) is 4.37. The Kier molecular flexibility index (Phi) is 5.49. The van der Waals surface area contributed by atoms with E-state index in [0.29, 0.717) is 12.0 Å². The van der Waals surface area contributed by atoms with Crippen LogP contribution in [0.15, 0.2) is 6.20 Å². The molecule has 0 spiro atoms. The monoisotopic (exact) mass is 225 g/mol. The Morgan fingerprint density at radius 2 is 2.31 bits per heavy atom. The fourth-order valence-corrected chi connectivity index (χ4v) is 1.88. The van der Waals surface area contributed by atoms with Crippen molar-refractivity contribution >= 4 is 0 Å². The number of aryl methyl sites for hydroxylation is 1. The van der Waals surface area contributed by atoms with Crippen molar-refractivity contribution in [1.29, 1.82) is 0 Å². The zero-order chi connectivity index (χ0) is 12.0. The molecule has 3 N–H and O–H groups in total. The van der Waals surface area contributed by atoms with Gasteiger partial charge in [0.15, 0.2) is 0 Å². The Labute approximate surface area is 97.5 Å². The summed E-state index contributed by atoms with van der Waals surface area (Å²) in [5.74, 6) is 0.555. The summed E-state index contributed by atoms with van der Waals surface area (Å²) >= 11 is 0. The largest absolute Gasteiger partial charge is 0.396 e. The van der Waals surface area contributed by atoms with E-state index in [-0.39, 0.29) is 6.61 Å². The zero-order valence-corrected chi connectivity index (χ0v) is 10.5. The van der Waals surface area contributed by atoms with Gasteiger partial charge in [-0.15, -0.1) is 0 Å². The molecule has 0 amide bonds. The van der Waals surface area contributed by atoms with Crippen LogP contribution < -0.4 is 5.32 Å². The molecule has 0 saturated heterocycles. The van der Waals surface area contributed by atoms with Crippen molar-refractivity contribution < 1.29 is 5.11 Å². The molecule has 0 aliphatic carbocycles. The zero-order valence-electron chi connectivity index (χ0n) is 10.5. The van der Waals surface area contributed by atoms with Gasteiger partial charge in [0.2, 0.25) is 0 Å². The van der Waals surface area contributed by atoms with E-state index < -0.39 is 0 Å². The number of hydrogen-bond acceptors (Lipinski definition) is 3. The van der Waals surface area contributed by atoms with Crippen molar-refractivity contribution in [1.82, 2.24) is 15.5 Å². The minimum absolute atomic E-state index is 0.277. The van der Waals surface area contributed by atoms with Crippen LogP contribution in [-0.4, -0.2) is 28.5 Å². The average molecular weight is 225 g/mol. The van der Waals surface area contributed by atoms with E-state index in [2.05, 4.69) is 29.4 Å². The number of rotatable bonds is 7. The van der Waals surface area contributed by atoms with Crippen LogP contribution in [-0.2, 0) is 0 Å². The second kappa shape index (κ2) is 6.66. The fraction of sp³-hybridized carbons (Fsp3) is 0.750. The lowest BCUT2D eigenvalue weighted by molar-refractivity contribution is 0.249. The van der Waals surface area contributed by atoms with Crippen LogP contribution in [0.3, 0.4) is 0 Å². The quantitative estimate of drug-likeness (QED) is 0.663. The summed E-state index contributed by atoms with van der Waals surface area (Å²) in [7, 11) is 0. The van der Waals surface area contributed by atoms with Gasteiger partial charge in [-0.2, -0.15) is 5.10 Å². The van der Waals surface area contributed by atoms with Crippen molar-refractivity contribution in [2.45, 2.75) is 39.7 Å². The van der Waals surface area contributed by atoms with E-state index in [9.17, 15) is 0 Å². The molecule has 16 heavy (non-hydrogen) atoms. The Morgan fingerprint density at radius 1 is 1.56 bits per heavy atom. The highest BCUT2D eigenvalue weighted by atomic mass is 16.3. The minimum atomic E-state index is 0.277. The van der Waals surface area contributed by atoms with Gasteiger partial charge in [0.05, 0.1) is 6.20 Å². The van der Waals surface area contributed by atoms with Crippen molar-refractivity contribution in [2.24, 2.45) is 5.92 Å². The van der Waals surface area contributed by atoms with Crippen molar-refractivity contribution in [2.75, 3.05) is 13.2 Å². The first kappa shape index (κ1) is 13.2. The summed E-state index contributed by atoms with van der Waals surface area (Å²) in [6.45, 7) is 7.56. The molecule has 1 heterocycles. The Bertz CT molecular complexity index is 298. The van der Waals surface area contributed by atoms with E-state index >= 15 is 0 Å². The molecular weight excluding hydrogens is 202 g/mol. The van der Waals surface area contributed by atoms with Crippen LogP contribution in [0.25, 0.3) is 0 Å². The van der Waals surface area contributed by atoms with Gasteiger partial charge in [0.25, 0.3) is 0 Å². The first-order valence-corrected chi connectivity index (χ1v) is 6.03. The third-order valence-corrected chi connectivity index (χ3v) is 3.16. The first-order chi connectivity index (χ1) is 7.69. The summed E-state index contributed by atoms with van der Waals surface area (Å²) in [6, 6.07) is 0.312. The number of nitrogens with one attached hydrogen (secondary N) is 2. The van der Waals surface area contributed by atoms with Gasteiger partial charge >= 0.3 is 0 Å². The molecule has 2 atom stereocenters. The molecule has 0 aliphatic heterocycles. The number of nitrogens with zero attached hydrogens (tertiary/aromatic N) is 1. The van der Waals surface area contributed by atoms with Crippen LogP contribution in [0, 0.1) is 12.8 Å². The van der Waals surface area contributed by atoms with Gasteiger partial charge in [0.1, 0.15) is 0 Å². The van der Waals surface area contributed by atoms with E-state index in [1.54, 1.807) is 0 Å². The van der Waals surface area contributed by atoms with E-state index in [1.165, 1.54) is 5.56 Å². The van der Waals surface area contributed by atoms with Gasteiger partial charge in [-0.25, -0.2) is 0 Å². The lowest BCUT2D eigenvalue weighted by atomic mass is 10.0. The number of aromatic amines is 1. The summed E-state index contributed by atoms with van der Waals surface area (Å²) in [5.41, 5.74) is 2.34. The van der Waals surface area contributed by atoms with Crippen LogP contribution in [0.1, 0.15) is 44.0 Å². The molecule has 0 aliphatic rings. The fourth-order valence-electron chi connectivity index (χ4n) is 1.88. The number of H-pyrrole nitrogens is 1. The molecule has 0 radical (unpaired) electrons. The molecule has 92 valence electrons. The molecule has 1 aromatic heterocycles. The molecule has 0 fully saturated rings. The van der Waals surface area contributed by atoms with Gasteiger partial charge in [-0.1, -0.05) is 13.3 Å². The maximum Gasteiger partial charge on any atom is 0.0537 e. The van der Waals surface area contributed by atoms with Crippen molar-refractivity contribution in [3.63, 3.8) is 0 Å². The predicted molar refractivity (Wildman–Crippen MR) is 65.2 cm³/mol. The highest BCUT2D eigenvalue weighted by molar-refractivity contribution is 5.18. The number of aliphatic hydroxyl groups excluding tert-OH is 1. The highest BCUT2D eigenvalue weighted by Crippen LogP contribution is 2.15. The normalized spacial score (nSPS) is 15.0. The average Bonchev–Trinajstić information content (AvgIpc) is 2.70. The summed E-state index contributed by atoms with van der Waals surface area (Å²) in [4.78, 5) is 0. The smallest absolute Gasteiger partial charge is 0.0537 e. The third kappa shape index (κ3) is 3.61. The minimum Gasteiger partial charge on any atom is -0.396 e. The molecule has 1 rings (SSSR count). The standard InChI is InChI=1S/C12H23N3O/c1-4-11(5-6-16)7-13-9(2)12-8-14-15-10(12)3/h8-9,11,13,16H,4-7H2,1-3H3,(H,14,15). The number of hydrogen-bond donors (Lipinski definition) is 3. The summed E-state index contributed by atoms with van der Waals surface area (Å²) in [5, 5.41) is 19.4. The lowest BCUT2D eigenvalue weighted by Gasteiger charge is -2.18. The summed E-state index contributed by atoms with van der Waals surface area (Å²) < 4.78 is 0. The Hall–Kier alpha value is -0.870.